The van der Waals surface area contributed by atoms with Crippen molar-refractivity contribution in [2.45, 2.75) is 59.0 Å². The fraction of sp³-hybridized carbons (Fsp3) is 0.265. The Morgan fingerprint density at radius 3 is 2.18 bits per heavy atom. The van der Waals surface area contributed by atoms with Crippen molar-refractivity contribution >= 4 is 57.6 Å². The number of aliphatic carboxylic acids is 1. The Morgan fingerprint density at radius 2 is 1.53 bits per heavy atom. The number of hydrogen-bond acceptors (Lipinski definition) is 6. The van der Waals surface area contributed by atoms with E-state index in [0.717, 1.165) is 16.3 Å². The summed E-state index contributed by atoms with van der Waals surface area (Å²) in [5, 5.41) is 17.3. The highest BCUT2D eigenvalue weighted by atomic mass is 35.5. The number of ether oxygens (including phenoxy) is 3. The van der Waals surface area contributed by atoms with Gasteiger partial charge in [-0.3, -0.25) is 4.79 Å². The van der Waals surface area contributed by atoms with E-state index in [1.165, 1.54) is 19.1 Å². The van der Waals surface area contributed by atoms with Gasteiger partial charge in [-0.2, -0.15) is 0 Å². The smallest absolute Gasteiger partial charge is 0.408 e. The van der Waals surface area contributed by atoms with E-state index in [1.54, 1.807) is 39.0 Å². The van der Waals surface area contributed by atoms with Gasteiger partial charge in [0.25, 0.3) is 0 Å². The lowest BCUT2D eigenvalue weighted by Crippen LogP contribution is -2.44. The molecule has 0 aliphatic heterocycles. The molecule has 1 atom stereocenters. The normalized spacial score (nSPS) is 11.9. The number of carboxylic acids is 1. The van der Waals surface area contributed by atoms with Crippen molar-refractivity contribution in [3.63, 3.8) is 0 Å². The second-order valence-corrected chi connectivity index (χ2v) is 12.2. The van der Waals surface area contributed by atoms with Crippen LogP contribution in [0.3, 0.4) is 0 Å². The highest BCUT2D eigenvalue weighted by Gasteiger charge is 2.25. The Bertz CT molecular complexity index is 1700. The molecule has 236 valence electrons. The second kappa shape index (κ2) is 14.5. The van der Waals surface area contributed by atoms with Crippen molar-refractivity contribution in [3.8, 4) is 11.5 Å². The molecule has 0 saturated heterocycles. The van der Waals surface area contributed by atoms with Crippen molar-refractivity contribution in [2.75, 3.05) is 5.32 Å². The molecule has 0 unspecified atom stereocenters. The van der Waals surface area contributed by atoms with E-state index in [4.69, 9.17) is 37.4 Å². The zero-order valence-corrected chi connectivity index (χ0v) is 26.8. The van der Waals surface area contributed by atoms with Gasteiger partial charge in [0.15, 0.2) is 5.75 Å². The molecule has 4 rings (SSSR count). The number of benzene rings is 4. The summed E-state index contributed by atoms with van der Waals surface area (Å²) >= 11 is 13.1. The summed E-state index contributed by atoms with van der Waals surface area (Å²) < 4.78 is 17.4. The number of rotatable bonds is 11. The molecule has 0 radical (unpaired) electrons. The van der Waals surface area contributed by atoms with E-state index in [1.807, 2.05) is 36.4 Å². The molecule has 0 aromatic heterocycles. The van der Waals surface area contributed by atoms with Gasteiger partial charge < -0.3 is 30.0 Å². The summed E-state index contributed by atoms with van der Waals surface area (Å²) in [5.41, 5.74) is 1.85. The molecular weight excluding hydrogens is 619 g/mol. The first-order valence-electron chi connectivity index (χ1n) is 14.1. The molecule has 0 saturated carbocycles. The Morgan fingerprint density at radius 1 is 0.844 bits per heavy atom. The number of nitrogens with one attached hydrogen (secondary N) is 2. The summed E-state index contributed by atoms with van der Waals surface area (Å²) in [6.45, 7) is 6.75. The van der Waals surface area contributed by atoms with Crippen molar-refractivity contribution in [1.82, 2.24) is 5.32 Å². The van der Waals surface area contributed by atoms with E-state index in [2.05, 4.69) is 16.7 Å². The molecule has 3 N–H and O–H groups in total. The van der Waals surface area contributed by atoms with Crippen LogP contribution in [-0.4, -0.2) is 34.7 Å². The Hall–Kier alpha value is -4.47. The molecule has 0 fully saturated rings. The zero-order valence-electron chi connectivity index (χ0n) is 25.3. The maximum Gasteiger partial charge on any atom is 0.408 e. The van der Waals surface area contributed by atoms with Crippen LogP contribution in [0.1, 0.15) is 44.4 Å². The molecule has 4 aromatic carbocycles. The van der Waals surface area contributed by atoms with Gasteiger partial charge in [-0.05, 0) is 79.1 Å². The maximum absolute atomic E-state index is 12.2. The van der Waals surface area contributed by atoms with Crippen LogP contribution in [0.15, 0.2) is 72.8 Å². The van der Waals surface area contributed by atoms with E-state index in [9.17, 15) is 19.5 Å². The van der Waals surface area contributed by atoms with E-state index >= 15 is 0 Å². The van der Waals surface area contributed by atoms with Crippen molar-refractivity contribution in [3.05, 3.63) is 99.5 Å². The van der Waals surface area contributed by atoms with Gasteiger partial charge in [0.05, 0.1) is 10.0 Å². The molecular formula is C34H34Cl2N2O7. The van der Waals surface area contributed by atoms with Gasteiger partial charge in [0, 0.05) is 24.6 Å². The lowest BCUT2D eigenvalue weighted by Gasteiger charge is -2.22. The lowest BCUT2D eigenvalue weighted by atomic mass is 10.1. The molecule has 4 aromatic rings. The van der Waals surface area contributed by atoms with Gasteiger partial charge in [0.2, 0.25) is 5.91 Å². The third kappa shape index (κ3) is 9.76. The first kappa shape index (κ1) is 33.4. The summed E-state index contributed by atoms with van der Waals surface area (Å²) in [4.78, 5) is 35.7. The number of anilines is 1. The number of amides is 2. The third-order valence-corrected chi connectivity index (χ3v) is 7.01. The van der Waals surface area contributed by atoms with Crippen LogP contribution in [0, 0.1) is 0 Å². The standard InChI is InChI=1S/C34H34Cl2N2O7/c1-20(39)37-26-11-12-30(43-18-21-9-10-23-7-5-6-8-24(23)13-21)25(17-26)19-44-31-27(35)14-22(15-28(31)36)16-29(32(40)41)38-33(42)45-34(2,3)4/h5-15,17,29H,16,18-19H2,1-4H3,(H,37,39)(H,38,42)(H,40,41)/t29-/m0/s1. The van der Waals surface area contributed by atoms with Gasteiger partial charge in [-0.25, -0.2) is 9.59 Å². The van der Waals surface area contributed by atoms with E-state index < -0.39 is 23.7 Å². The van der Waals surface area contributed by atoms with Crippen LogP contribution in [0.2, 0.25) is 10.0 Å². The van der Waals surface area contributed by atoms with E-state index in [0.29, 0.717) is 29.2 Å². The molecule has 0 aliphatic rings. The molecule has 2 amide bonds. The number of carboxylic acid groups (broad SMARTS) is 1. The van der Waals surface area contributed by atoms with Crippen LogP contribution < -0.4 is 20.1 Å². The molecule has 0 spiro atoms. The third-order valence-electron chi connectivity index (χ3n) is 6.45. The molecule has 11 heteroatoms. The summed E-state index contributed by atoms with van der Waals surface area (Å²) in [6.07, 6.45) is -0.952. The Kier molecular flexibility index (Phi) is 10.8. The van der Waals surface area contributed by atoms with Gasteiger partial charge >= 0.3 is 12.1 Å². The van der Waals surface area contributed by atoms with Crippen LogP contribution in [0.25, 0.3) is 10.8 Å². The van der Waals surface area contributed by atoms with Crippen LogP contribution in [0.5, 0.6) is 11.5 Å². The first-order valence-corrected chi connectivity index (χ1v) is 14.9. The van der Waals surface area contributed by atoms with Gasteiger partial charge in [-0.1, -0.05) is 59.6 Å². The lowest BCUT2D eigenvalue weighted by molar-refractivity contribution is -0.139. The fourth-order valence-electron chi connectivity index (χ4n) is 4.51. The van der Waals surface area contributed by atoms with E-state index in [-0.39, 0.29) is 34.7 Å². The van der Waals surface area contributed by atoms with Crippen molar-refractivity contribution < 1.29 is 33.7 Å². The maximum atomic E-state index is 12.2. The number of alkyl carbamates (subject to hydrolysis) is 1. The molecule has 0 bridgehead atoms. The zero-order chi connectivity index (χ0) is 32.7. The highest BCUT2D eigenvalue weighted by Crippen LogP contribution is 2.36. The van der Waals surface area contributed by atoms with Crippen LogP contribution in [0.4, 0.5) is 10.5 Å². The minimum absolute atomic E-state index is 0.00276. The molecule has 0 heterocycles. The average Bonchev–Trinajstić information content (AvgIpc) is 2.94. The summed E-state index contributed by atoms with van der Waals surface area (Å²) in [5.74, 6) is -0.754. The van der Waals surface area contributed by atoms with Crippen LogP contribution in [-0.2, 0) is 34.0 Å². The number of carbonyl (C=O) groups excluding carboxylic acids is 2. The number of halogens is 2. The predicted octanol–water partition coefficient (Wildman–Crippen LogP) is 7.78. The summed E-state index contributed by atoms with van der Waals surface area (Å²) in [6, 6.07) is 21.2. The number of hydrogen-bond donors (Lipinski definition) is 3. The van der Waals surface area contributed by atoms with Crippen molar-refractivity contribution in [2.24, 2.45) is 0 Å². The largest absolute Gasteiger partial charge is 0.488 e. The van der Waals surface area contributed by atoms with Gasteiger partial charge in [-0.15, -0.1) is 0 Å². The monoisotopic (exact) mass is 652 g/mol. The Balaban J connectivity index is 1.50. The quantitative estimate of drug-likeness (QED) is 0.151. The molecule has 9 nitrogen and oxygen atoms in total. The van der Waals surface area contributed by atoms with Crippen molar-refractivity contribution in [1.29, 1.82) is 0 Å². The second-order valence-electron chi connectivity index (χ2n) is 11.4. The fourth-order valence-corrected chi connectivity index (χ4v) is 5.15. The predicted molar refractivity (Wildman–Crippen MR) is 174 cm³/mol. The minimum Gasteiger partial charge on any atom is -0.488 e. The highest BCUT2D eigenvalue weighted by molar-refractivity contribution is 6.37. The first-order chi connectivity index (χ1) is 21.3. The number of fused-ring (bicyclic) bond motifs is 1. The molecule has 45 heavy (non-hydrogen) atoms. The topological polar surface area (TPSA) is 123 Å². The minimum atomic E-state index is -1.28. The average molecular weight is 654 g/mol. The van der Waals surface area contributed by atoms with Crippen LogP contribution >= 0.6 is 23.2 Å². The number of carbonyl (C=O) groups is 3. The molecule has 0 aliphatic carbocycles. The van der Waals surface area contributed by atoms with Gasteiger partial charge in [0.1, 0.15) is 30.6 Å². The Labute approximate surface area is 271 Å². The summed E-state index contributed by atoms with van der Waals surface area (Å²) in [7, 11) is 0. The SMILES string of the molecule is CC(=O)Nc1ccc(OCc2ccc3ccccc3c2)c(COc2c(Cl)cc(C[C@H](NC(=O)OC(C)(C)C)C(=O)O)cc2Cl)c1.